The highest BCUT2D eigenvalue weighted by Crippen LogP contribution is 2.16. The number of nitrogens with zero attached hydrogens (tertiary/aromatic N) is 2. The SMILES string of the molecule is CCCCCCCCCC(C)n1ccnc1.CO[Si](C)(OC)OC. The Morgan fingerprint density at radius 1 is 0.958 bits per heavy atom. The summed E-state index contributed by atoms with van der Waals surface area (Å²) in [5.74, 6) is 0. The Labute approximate surface area is 150 Å². The van der Waals surface area contributed by atoms with E-state index in [2.05, 4.69) is 29.6 Å². The molecule has 6 heteroatoms. The Morgan fingerprint density at radius 2 is 1.50 bits per heavy atom. The van der Waals surface area contributed by atoms with Crippen molar-refractivity contribution in [2.45, 2.75) is 77.8 Å². The molecule has 0 spiro atoms. The quantitative estimate of drug-likeness (QED) is 0.386. The van der Waals surface area contributed by atoms with Gasteiger partial charge in [0.25, 0.3) is 0 Å². The van der Waals surface area contributed by atoms with E-state index >= 15 is 0 Å². The van der Waals surface area contributed by atoms with Crippen LogP contribution in [0.3, 0.4) is 0 Å². The first-order chi connectivity index (χ1) is 11.5. The first kappa shape index (κ1) is 23.3. The zero-order valence-electron chi connectivity index (χ0n) is 16.6. The summed E-state index contributed by atoms with van der Waals surface area (Å²) in [5, 5.41) is 0. The lowest BCUT2D eigenvalue weighted by molar-refractivity contribution is 0.132. The Hall–Kier alpha value is -0.693. The molecule has 0 radical (unpaired) electrons. The summed E-state index contributed by atoms with van der Waals surface area (Å²) in [6, 6.07) is 0.609. The topological polar surface area (TPSA) is 45.5 Å². The Kier molecular flexibility index (Phi) is 14.2. The molecule has 0 aliphatic rings. The molecule has 1 rings (SSSR count). The fourth-order valence-electron chi connectivity index (χ4n) is 2.33. The zero-order valence-corrected chi connectivity index (χ0v) is 17.6. The lowest BCUT2D eigenvalue weighted by Crippen LogP contribution is -2.38. The predicted octanol–water partition coefficient (Wildman–Crippen LogP) is 5.08. The van der Waals surface area contributed by atoms with Crippen LogP contribution in [-0.4, -0.2) is 39.7 Å². The maximum Gasteiger partial charge on any atom is 0.496 e. The minimum Gasteiger partial charge on any atom is -0.377 e. The van der Waals surface area contributed by atoms with Crippen LogP contribution in [0.15, 0.2) is 18.7 Å². The van der Waals surface area contributed by atoms with Crippen molar-refractivity contribution in [1.82, 2.24) is 9.55 Å². The third-order valence-corrected chi connectivity index (χ3v) is 6.60. The standard InChI is InChI=1S/C14H26N2.C4H12O3Si/c1-3-4-5-6-7-8-9-10-14(2)16-12-11-15-13-16;1-5-8(4,6-2)7-3/h11-14H,3-10H2,1-2H3;1-4H3. The van der Waals surface area contributed by atoms with Crippen LogP contribution in [0.5, 0.6) is 0 Å². The molecule has 0 aromatic carbocycles. The number of imidazole rings is 1. The van der Waals surface area contributed by atoms with E-state index in [1.54, 1.807) is 21.3 Å². The predicted molar refractivity (Wildman–Crippen MR) is 102 cm³/mol. The summed E-state index contributed by atoms with van der Waals surface area (Å²) in [4.78, 5) is 4.08. The van der Waals surface area contributed by atoms with Gasteiger partial charge in [0.05, 0.1) is 6.33 Å². The van der Waals surface area contributed by atoms with Gasteiger partial charge >= 0.3 is 8.80 Å². The van der Waals surface area contributed by atoms with Crippen LogP contribution in [0.25, 0.3) is 0 Å². The Morgan fingerprint density at radius 3 is 1.92 bits per heavy atom. The summed E-state index contributed by atoms with van der Waals surface area (Å²) in [6.45, 7) is 6.37. The van der Waals surface area contributed by atoms with Crippen molar-refractivity contribution < 1.29 is 13.3 Å². The van der Waals surface area contributed by atoms with Gasteiger partial charge in [0.15, 0.2) is 0 Å². The number of rotatable bonds is 12. The van der Waals surface area contributed by atoms with Crippen molar-refractivity contribution in [2.75, 3.05) is 21.3 Å². The van der Waals surface area contributed by atoms with E-state index in [4.69, 9.17) is 13.3 Å². The van der Waals surface area contributed by atoms with Gasteiger partial charge in [-0.05, 0) is 13.3 Å². The van der Waals surface area contributed by atoms with Gasteiger partial charge in [0.1, 0.15) is 0 Å². The van der Waals surface area contributed by atoms with E-state index in [1.807, 2.05) is 19.1 Å². The molecule has 0 amide bonds. The molecule has 1 aromatic heterocycles. The average Bonchev–Trinajstić information content (AvgIpc) is 3.15. The van der Waals surface area contributed by atoms with Gasteiger partial charge in [-0.3, -0.25) is 0 Å². The van der Waals surface area contributed by atoms with E-state index < -0.39 is 8.80 Å². The van der Waals surface area contributed by atoms with Crippen LogP contribution in [-0.2, 0) is 13.3 Å². The molecule has 5 nitrogen and oxygen atoms in total. The normalized spacial score (nSPS) is 12.6. The van der Waals surface area contributed by atoms with Gasteiger partial charge in [-0.1, -0.05) is 51.9 Å². The van der Waals surface area contributed by atoms with Crippen molar-refractivity contribution >= 4 is 8.80 Å². The van der Waals surface area contributed by atoms with Gasteiger partial charge in [-0.2, -0.15) is 0 Å². The maximum atomic E-state index is 4.93. The summed E-state index contributed by atoms with van der Waals surface area (Å²) in [6.07, 6.45) is 16.9. The van der Waals surface area contributed by atoms with Crippen molar-refractivity contribution in [3.63, 3.8) is 0 Å². The number of unbranched alkanes of at least 4 members (excludes halogenated alkanes) is 6. The summed E-state index contributed by atoms with van der Waals surface area (Å²) >= 11 is 0. The minimum absolute atomic E-state index is 0.609. The molecule has 1 heterocycles. The van der Waals surface area contributed by atoms with Crippen molar-refractivity contribution in [3.05, 3.63) is 18.7 Å². The molecule has 1 aromatic rings. The number of aromatic nitrogens is 2. The minimum atomic E-state index is -2.17. The summed E-state index contributed by atoms with van der Waals surface area (Å²) < 4.78 is 17.0. The maximum absolute atomic E-state index is 4.93. The van der Waals surface area contributed by atoms with Gasteiger partial charge in [0.2, 0.25) is 0 Å². The van der Waals surface area contributed by atoms with Crippen LogP contribution < -0.4 is 0 Å². The lowest BCUT2D eigenvalue weighted by Gasteiger charge is -2.18. The van der Waals surface area contributed by atoms with Gasteiger partial charge in [0, 0.05) is 46.3 Å². The van der Waals surface area contributed by atoms with E-state index in [9.17, 15) is 0 Å². The molecule has 1 atom stereocenters. The second-order valence-electron chi connectivity index (χ2n) is 6.24. The van der Waals surface area contributed by atoms with Gasteiger partial charge in [-0.15, -0.1) is 0 Å². The molecule has 0 aliphatic heterocycles. The van der Waals surface area contributed by atoms with E-state index in [0.717, 1.165) is 0 Å². The molecule has 0 saturated carbocycles. The van der Waals surface area contributed by atoms with E-state index in [0.29, 0.717) is 6.04 Å². The van der Waals surface area contributed by atoms with Gasteiger partial charge in [-0.25, -0.2) is 4.98 Å². The molecule has 0 fully saturated rings. The number of hydrogen-bond donors (Lipinski definition) is 0. The van der Waals surface area contributed by atoms with Crippen molar-refractivity contribution in [2.24, 2.45) is 0 Å². The molecular weight excluding hydrogens is 320 g/mol. The van der Waals surface area contributed by atoms with Crippen molar-refractivity contribution in [3.8, 4) is 0 Å². The smallest absolute Gasteiger partial charge is 0.377 e. The second-order valence-corrected chi connectivity index (χ2v) is 9.19. The molecule has 0 N–H and O–H groups in total. The van der Waals surface area contributed by atoms with Gasteiger partial charge < -0.3 is 17.8 Å². The van der Waals surface area contributed by atoms with Crippen LogP contribution in [0.4, 0.5) is 0 Å². The first-order valence-corrected chi connectivity index (χ1v) is 11.4. The van der Waals surface area contributed by atoms with E-state index in [1.165, 1.54) is 51.4 Å². The molecule has 1 unspecified atom stereocenters. The molecule has 0 saturated heterocycles. The van der Waals surface area contributed by atoms with Crippen molar-refractivity contribution in [1.29, 1.82) is 0 Å². The van der Waals surface area contributed by atoms with Crippen LogP contribution >= 0.6 is 0 Å². The highest BCUT2D eigenvalue weighted by atomic mass is 28.4. The molecule has 0 bridgehead atoms. The fourth-order valence-corrected chi connectivity index (χ4v) is 2.83. The van der Waals surface area contributed by atoms with E-state index in [-0.39, 0.29) is 0 Å². The molecule has 142 valence electrons. The fraction of sp³-hybridized carbons (Fsp3) is 0.833. The second kappa shape index (κ2) is 14.6. The zero-order chi connectivity index (χ0) is 18.3. The molecule has 24 heavy (non-hydrogen) atoms. The first-order valence-electron chi connectivity index (χ1n) is 9.15. The highest BCUT2D eigenvalue weighted by Gasteiger charge is 2.29. The van der Waals surface area contributed by atoms with Crippen LogP contribution in [0.1, 0.15) is 71.3 Å². The highest BCUT2D eigenvalue weighted by molar-refractivity contribution is 6.58. The third-order valence-electron chi connectivity index (χ3n) is 4.37. The molecular formula is C18H38N2O3Si. The summed E-state index contributed by atoms with van der Waals surface area (Å²) in [7, 11) is 2.58. The number of hydrogen-bond acceptors (Lipinski definition) is 4. The third kappa shape index (κ3) is 11.0. The Balaban J connectivity index is 0.000000561. The average molecular weight is 359 g/mol. The Bertz CT molecular complexity index is 362. The monoisotopic (exact) mass is 358 g/mol. The van der Waals surface area contributed by atoms with Crippen LogP contribution in [0, 0.1) is 0 Å². The van der Waals surface area contributed by atoms with Crippen LogP contribution in [0.2, 0.25) is 6.55 Å². The largest absolute Gasteiger partial charge is 0.496 e. The lowest BCUT2D eigenvalue weighted by atomic mass is 10.1. The molecule has 0 aliphatic carbocycles. The summed E-state index contributed by atoms with van der Waals surface area (Å²) in [5.41, 5.74) is 0.